The molecule has 0 atom stereocenters. The zero-order valence-corrected chi connectivity index (χ0v) is 40.8. The molecule has 0 amide bonds. The molecule has 0 N–H and O–H groups in total. The summed E-state index contributed by atoms with van der Waals surface area (Å²) in [5.41, 5.74) is 12.4. The molecule has 325 valence electrons. The summed E-state index contributed by atoms with van der Waals surface area (Å²) in [5, 5.41) is 3.43. The van der Waals surface area contributed by atoms with E-state index in [0.717, 1.165) is 33.4 Å². The van der Waals surface area contributed by atoms with Gasteiger partial charge >= 0.3 is 0 Å². The second kappa shape index (κ2) is 17.5. The van der Waals surface area contributed by atoms with Crippen LogP contribution in [0, 0.1) is 19.0 Å². The van der Waals surface area contributed by atoms with Gasteiger partial charge in [-0.2, -0.15) is 0 Å². The van der Waals surface area contributed by atoms with Crippen molar-refractivity contribution in [1.29, 1.82) is 0 Å². The molecule has 0 bridgehead atoms. The van der Waals surface area contributed by atoms with Crippen molar-refractivity contribution in [3.8, 4) is 39.5 Å². The molecule has 0 aliphatic carbocycles. The Labute approximate surface area is 399 Å². The van der Waals surface area contributed by atoms with Gasteiger partial charge < -0.3 is 18.4 Å². The number of hydrogen-bond acceptors (Lipinski definition) is 5. The van der Waals surface area contributed by atoms with E-state index in [0.29, 0.717) is 44.4 Å². The van der Waals surface area contributed by atoms with Gasteiger partial charge in [0.1, 0.15) is 16.7 Å². The SMILES string of the molecule is C[Si](C)(C)c1ccc(-c2[c-]cccc2)nc1.[2H]C([2H])([2H])c1nc2c3ccccc3oc2c2c1oc1c(-c3nc4ccccc4n3-c3c(C(C)C)cc(-c4ccccc4)cc3C(C)C)[c-]ccc12.[Ir]. The van der Waals surface area contributed by atoms with E-state index in [2.05, 4.69) is 129 Å². The van der Waals surface area contributed by atoms with Crippen LogP contribution in [0.1, 0.15) is 60.5 Å². The number of aryl methyl sites for hydroxylation is 1. The van der Waals surface area contributed by atoms with Crippen molar-refractivity contribution in [3.63, 3.8) is 0 Å². The normalized spacial score (nSPS) is 12.7. The van der Waals surface area contributed by atoms with Crippen molar-refractivity contribution < 1.29 is 33.1 Å². The number of benzene rings is 6. The first-order valence-corrected chi connectivity index (χ1v) is 25.4. The number of fused-ring (bicyclic) bond motifs is 8. The zero-order chi connectivity index (χ0) is 46.8. The van der Waals surface area contributed by atoms with E-state index in [4.69, 9.17) is 17.9 Å². The molecule has 6 aromatic carbocycles. The van der Waals surface area contributed by atoms with Gasteiger partial charge in [-0.15, -0.1) is 54.1 Å². The Morgan fingerprint density at radius 3 is 2.08 bits per heavy atom. The molecule has 0 saturated heterocycles. The molecule has 11 aromatic rings. The molecule has 0 aliphatic heterocycles. The number of imidazole rings is 1. The Bertz CT molecular complexity index is 3580. The zero-order valence-electron chi connectivity index (χ0n) is 40.4. The van der Waals surface area contributed by atoms with Crippen LogP contribution in [0.15, 0.2) is 155 Å². The minimum atomic E-state index is -2.53. The van der Waals surface area contributed by atoms with E-state index in [1.165, 1.54) is 27.4 Å². The second-order valence-corrected chi connectivity index (χ2v) is 23.1. The molecule has 11 rings (SSSR count). The number of aromatic nitrogens is 4. The molecule has 5 heterocycles. The van der Waals surface area contributed by atoms with Crippen LogP contribution < -0.4 is 5.19 Å². The minimum absolute atomic E-state index is 0. The van der Waals surface area contributed by atoms with Crippen molar-refractivity contribution in [2.24, 2.45) is 0 Å². The Hall–Kier alpha value is -6.44. The number of para-hydroxylation sites is 3. The fourth-order valence-corrected chi connectivity index (χ4v) is 9.72. The van der Waals surface area contributed by atoms with Gasteiger partial charge in [0, 0.05) is 41.5 Å². The van der Waals surface area contributed by atoms with E-state index in [1.807, 2.05) is 91.1 Å². The van der Waals surface area contributed by atoms with Crippen LogP contribution in [-0.4, -0.2) is 27.6 Å². The molecule has 0 aliphatic rings. The van der Waals surface area contributed by atoms with Crippen LogP contribution in [0.3, 0.4) is 0 Å². The maximum atomic E-state index is 8.47. The first kappa shape index (κ1) is 40.1. The molecule has 8 heteroatoms. The summed E-state index contributed by atoms with van der Waals surface area (Å²) in [5.74, 6) is 1.03. The van der Waals surface area contributed by atoms with E-state index in [-0.39, 0.29) is 43.2 Å². The second-order valence-electron chi connectivity index (χ2n) is 18.0. The molecule has 5 aromatic heterocycles. The third-order valence-electron chi connectivity index (χ3n) is 12.0. The van der Waals surface area contributed by atoms with Crippen molar-refractivity contribution in [3.05, 3.63) is 175 Å². The third kappa shape index (κ3) is 7.94. The summed E-state index contributed by atoms with van der Waals surface area (Å²) in [4.78, 5) is 14.4. The summed E-state index contributed by atoms with van der Waals surface area (Å²) in [6.07, 6.45) is 2.02. The van der Waals surface area contributed by atoms with Gasteiger partial charge in [0.05, 0.1) is 41.6 Å². The Morgan fingerprint density at radius 2 is 1.38 bits per heavy atom. The molecular weight excluding hydrogens is 993 g/mol. The Balaban J connectivity index is 0.000000289. The molecule has 1 radical (unpaired) electrons. The molecule has 65 heavy (non-hydrogen) atoms. The van der Waals surface area contributed by atoms with Gasteiger partial charge in [-0.1, -0.05) is 125 Å². The Kier molecular flexibility index (Phi) is 10.8. The van der Waals surface area contributed by atoms with Crippen LogP contribution in [0.4, 0.5) is 0 Å². The van der Waals surface area contributed by atoms with Crippen LogP contribution >= 0.6 is 0 Å². The molecule has 0 spiro atoms. The van der Waals surface area contributed by atoms with Crippen molar-refractivity contribution in [1.82, 2.24) is 19.5 Å². The fourth-order valence-electron chi connectivity index (χ4n) is 8.68. The predicted molar refractivity (Wildman–Crippen MR) is 268 cm³/mol. The standard InChI is InChI=1S/C43H34N3O2.C14H16NSi.Ir/c1-24(2)32-22-28(27-14-7-6-8-15-27)23-33(25(3)4)39(32)46-35-20-11-10-19-34(35)45-43(46)31-18-13-17-30-37-40(48-41(30)31)26(5)44-38-29-16-9-12-21-36(29)47-42(37)38;1-16(2,3)13-9-10-14(15-11-13)12-7-5-4-6-8-12;/h6-17,19-25H,1-5H3;4-7,9-11H,1-3H3;/q2*-1;/i5D3;;. The largest absolute Gasteiger partial charge is 0.498 e. The summed E-state index contributed by atoms with van der Waals surface area (Å²) < 4.78 is 40.7. The van der Waals surface area contributed by atoms with Crippen LogP contribution in [0.2, 0.25) is 19.6 Å². The molecular formula is C57H50IrN4O2Si-2. The molecule has 0 saturated carbocycles. The first-order chi connectivity index (χ1) is 32.2. The summed E-state index contributed by atoms with van der Waals surface area (Å²) in [6, 6.07) is 53.4. The fraction of sp³-hybridized carbons (Fsp3) is 0.175. The van der Waals surface area contributed by atoms with Crippen molar-refractivity contribution in [2.45, 2.75) is 66.0 Å². The summed E-state index contributed by atoms with van der Waals surface area (Å²) in [7, 11) is -1.23. The van der Waals surface area contributed by atoms with Crippen molar-refractivity contribution in [2.75, 3.05) is 0 Å². The van der Waals surface area contributed by atoms with Gasteiger partial charge in [0.25, 0.3) is 0 Å². The summed E-state index contributed by atoms with van der Waals surface area (Å²) in [6.45, 7) is 13.4. The maximum Gasteiger partial charge on any atom is 0.163 e. The van der Waals surface area contributed by atoms with Gasteiger partial charge in [-0.05, 0) is 88.2 Å². The number of hydrogen-bond donors (Lipinski definition) is 0. The quantitative estimate of drug-likeness (QED) is 0.117. The molecule has 0 unspecified atom stereocenters. The monoisotopic (exact) mass is 1050 g/mol. The average Bonchev–Trinajstić information content (AvgIpc) is 4.03. The van der Waals surface area contributed by atoms with Gasteiger partial charge in [-0.25, -0.2) is 4.98 Å². The minimum Gasteiger partial charge on any atom is -0.498 e. The van der Waals surface area contributed by atoms with Gasteiger partial charge in [0.2, 0.25) is 0 Å². The third-order valence-corrected chi connectivity index (χ3v) is 14.1. The van der Waals surface area contributed by atoms with E-state index in [9.17, 15) is 0 Å². The van der Waals surface area contributed by atoms with Crippen LogP contribution in [0.5, 0.6) is 0 Å². The van der Waals surface area contributed by atoms with E-state index >= 15 is 0 Å². The van der Waals surface area contributed by atoms with Crippen LogP contribution in [-0.2, 0) is 20.1 Å². The smallest absolute Gasteiger partial charge is 0.163 e. The van der Waals surface area contributed by atoms with Crippen molar-refractivity contribution >= 4 is 68.3 Å². The molecule has 0 fully saturated rings. The molecule has 6 nitrogen and oxygen atoms in total. The van der Waals surface area contributed by atoms with Crippen LogP contribution in [0.25, 0.3) is 94.5 Å². The topological polar surface area (TPSA) is 69.9 Å². The summed E-state index contributed by atoms with van der Waals surface area (Å²) >= 11 is 0. The number of nitrogens with zero attached hydrogens (tertiary/aromatic N) is 4. The number of rotatable bonds is 7. The maximum absolute atomic E-state index is 8.47. The number of furan rings is 2. The predicted octanol–water partition coefficient (Wildman–Crippen LogP) is 15.0. The average molecular weight is 1050 g/mol. The Morgan fingerprint density at radius 1 is 0.662 bits per heavy atom. The first-order valence-electron chi connectivity index (χ1n) is 23.4. The van der Waals surface area contributed by atoms with E-state index in [1.54, 1.807) is 0 Å². The van der Waals surface area contributed by atoms with Gasteiger partial charge in [0.15, 0.2) is 5.58 Å². The van der Waals surface area contributed by atoms with E-state index < -0.39 is 14.9 Å². The van der Waals surface area contributed by atoms with Gasteiger partial charge in [-0.3, -0.25) is 4.98 Å². The number of pyridine rings is 2.